The van der Waals surface area contributed by atoms with Gasteiger partial charge in [0.1, 0.15) is 15.4 Å². The van der Waals surface area contributed by atoms with E-state index in [1.54, 1.807) is 0 Å². The van der Waals surface area contributed by atoms with E-state index in [-0.39, 0.29) is 5.06 Å². The summed E-state index contributed by atoms with van der Waals surface area (Å²) < 4.78 is 31.3. The molecule has 7 nitrogen and oxygen atoms in total. The van der Waals surface area contributed by atoms with Crippen LogP contribution in [0.2, 0.25) is 0 Å². The van der Waals surface area contributed by atoms with Crippen molar-refractivity contribution in [2.45, 2.75) is 11.7 Å². The fraction of sp³-hybridized carbons (Fsp3) is 0.600. The Hall–Kier alpha value is -0.990. The van der Waals surface area contributed by atoms with Gasteiger partial charge in [-0.2, -0.15) is 5.06 Å². The molecular formula is C5H6NO6S-. The van der Waals surface area contributed by atoms with Gasteiger partial charge in [0.15, 0.2) is 0 Å². The van der Waals surface area contributed by atoms with Crippen molar-refractivity contribution in [1.29, 1.82) is 0 Å². The van der Waals surface area contributed by atoms with Crippen LogP contribution in [0.5, 0.6) is 0 Å². The van der Waals surface area contributed by atoms with Crippen molar-refractivity contribution in [3.05, 3.63) is 0 Å². The summed E-state index contributed by atoms with van der Waals surface area (Å²) in [7, 11) is -3.73. The normalized spacial score (nSPS) is 24.2. The summed E-state index contributed by atoms with van der Waals surface area (Å²) in [4.78, 5) is 26.1. The minimum Gasteiger partial charge on any atom is -0.747 e. The molecule has 74 valence electrons. The van der Waals surface area contributed by atoms with E-state index in [2.05, 4.69) is 4.84 Å². The molecular weight excluding hydrogens is 202 g/mol. The van der Waals surface area contributed by atoms with Gasteiger partial charge in [0.25, 0.3) is 11.8 Å². The zero-order chi connectivity index (χ0) is 10.2. The molecule has 1 fully saturated rings. The predicted molar refractivity (Wildman–Crippen MR) is 37.0 cm³/mol. The summed E-state index contributed by atoms with van der Waals surface area (Å²) in [6.07, 6.45) is -0.640. The SMILES string of the molecule is CON1C(=O)CC(S(=O)(=O)[O-])C1=O. The number of rotatable bonds is 2. The van der Waals surface area contributed by atoms with Crippen LogP contribution in [0.3, 0.4) is 0 Å². The number of carbonyl (C=O) groups is 2. The van der Waals surface area contributed by atoms with Gasteiger partial charge in [-0.3, -0.25) is 14.4 Å². The molecule has 1 saturated heterocycles. The molecule has 1 unspecified atom stereocenters. The van der Waals surface area contributed by atoms with Gasteiger partial charge in [-0.15, -0.1) is 0 Å². The largest absolute Gasteiger partial charge is 0.747 e. The third kappa shape index (κ3) is 1.69. The van der Waals surface area contributed by atoms with Crippen LogP contribution in [0, 0.1) is 0 Å². The molecule has 2 amide bonds. The molecule has 0 saturated carbocycles. The number of carbonyl (C=O) groups excluding carboxylic acids is 2. The summed E-state index contributed by atoms with van der Waals surface area (Å²) in [5.41, 5.74) is 0. The van der Waals surface area contributed by atoms with Crippen LogP contribution in [0.25, 0.3) is 0 Å². The quantitative estimate of drug-likeness (QED) is 0.392. The van der Waals surface area contributed by atoms with Gasteiger partial charge in [0.2, 0.25) is 0 Å². The summed E-state index contributed by atoms with van der Waals surface area (Å²) in [5, 5.41) is -1.56. The molecule has 0 aliphatic carbocycles. The van der Waals surface area contributed by atoms with E-state index in [0.29, 0.717) is 0 Å². The van der Waals surface area contributed by atoms with Crippen molar-refractivity contribution in [1.82, 2.24) is 5.06 Å². The lowest BCUT2D eigenvalue weighted by Crippen LogP contribution is -2.34. The van der Waals surface area contributed by atoms with E-state index in [1.165, 1.54) is 0 Å². The Balaban J connectivity index is 2.99. The maximum absolute atomic E-state index is 11.0. The second-order valence-corrected chi connectivity index (χ2v) is 3.95. The summed E-state index contributed by atoms with van der Waals surface area (Å²) in [6.45, 7) is 0. The van der Waals surface area contributed by atoms with Crippen molar-refractivity contribution < 1.29 is 27.4 Å². The van der Waals surface area contributed by atoms with Crippen LogP contribution < -0.4 is 0 Å². The molecule has 0 spiro atoms. The fourth-order valence-corrected chi connectivity index (χ4v) is 1.69. The first-order valence-corrected chi connectivity index (χ1v) is 4.70. The Morgan fingerprint density at radius 2 is 2.08 bits per heavy atom. The fourth-order valence-electron chi connectivity index (χ4n) is 1.000. The Morgan fingerprint density at radius 3 is 2.31 bits per heavy atom. The highest BCUT2D eigenvalue weighted by Crippen LogP contribution is 2.18. The first kappa shape index (κ1) is 10.1. The molecule has 1 rings (SSSR count). The lowest BCUT2D eigenvalue weighted by atomic mass is 10.4. The van der Waals surface area contributed by atoms with Crippen LogP contribution in [-0.4, -0.2) is 42.2 Å². The van der Waals surface area contributed by atoms with Crippen LogP contribution >= 0.6 is 0 Å². The number of amides is 2. The zero-order valence-corrected chi connectivity index (χ0v) is 7.41. The van der Waals surface area contributed by atoms with Gasteiger partial charge in [-0.25, -0.2) is 8.42 Å². The van der Waals surface area contributed by atoms with Crippen LogP contribution in [0.1, 0.15) is 6.42 Å². The number of hydroxylamine groups is 2. The smallest absolute Gasteiger partial charge is 0.271 e. The number of nitrogens with zero attached hydrogens (tertiary/aromatic N) is 1. The summed E-state index contributed by atoms with van der Waals surface area (Å²) in [5.74, 6) is -1.94. The van der Waals surface area contributed by atoms with E-state index >= 15 is 0 Å². The standard InChI is InChI=1S/C5H7NO6S/c1-12-6-4(7)2-3(5(6)8)13(9,10)11/h3H,2H2,1H3,(H,9,10,11)/p-1. The molecule has 13 heavy (non-hydrogen) atoms. The first-order valence-electron chi connectivity index (χ1n) is 3.23. The van der Waals surface area contributed by atoms with E-state index in [1.807, 2.05) is 0 Å². The zero-order valence-electron chi connectivity index (χ0n) is 6.59. The number of imide groups is 1. The van der Waals surface area contributed by atoms with Crippen LogP contribution in [-0.2, 0) is 24.5 Å². The predicted octanol–water partition coefficient (Wildman–Crippen LogP) is -1.78. The first-order chi connectivity index (χ1) is 5.88. The van der Waals surface area contributed by atoms with E-state index in [4.69, 9.17) is 0 Å². The minimum absolute atomic E-state index is 0.278. The lowest BCUT2D eigenvalue weighted by molar-refractivity contribution is -0.179. The maximum Gasteiger partial charge on any atom is 0.271 e. The topological polar surface area (TPSA) is 104 Å². The molecule has 0 aromatic carbocycles. The molecule has 8 heteroatoms. The molecule has 0 N–H and O–H groups in total. The van der Waals surface area contributed by atoms with Crippen LogP contribution in [0.15, 0.2) is 0 Å². The average Bonchev–Trinajstić information content (AvgIpc) is 2.25. The molecule has 0 radical (unpaired) electrons. The maximum atomic E-state index is 11.0. The Labute approximate surface area is 74.0 Å². The van der Waals surface area contributed by atoms with E-state index < -0.39 is 33.6 Å². The highest BCUT2D eigenvalue weighted by Gasteiger charge is 2.43. The van der Waals surface area contributed by atoms with Crippen molar-refractivity contribution in [3.8, 4) is 0 Å². The molecule has 1 heterocycles. The Kier molecular flexibility index (Phi) is 2.37. The molecule has 0 aromatic heterocycles. The molecule has 1 aliphatic heterocycles. The molecule has 1 atom stereocenters. The Bertz CT molecular complexity index is 346. The molecule has 1 aliphatic rings. The number of hydrogen-bond donors (Lipinski definition) is 0. The van der Waals surface area contributed by atoms with Crippen molar-refractivity contribution in [2.24, 2.45) is 0 Å². The third-order valence-corrected chi connectivity index (χ3v) is 2.66. The summed E-state index contributed by atoms with van der Waals surface area (Å²) in [6, 6.07) is 0. The van der Waals surface area contributed by atoms with Gasteiger partial charge >= 0.3 is 0 Å². The molecule has 0 aromatic rings. The Morgan fingerprint density at radius 1 is 1.54 bits per heavy atom. The van der Waals surface area contributed by atoms with Gasteiger partial charge in [0.05, 0.1) is 13.5 Å². The third-order valence-electron chi connectivity index (χ3n) is 1.59. The van der Waals surface area contributed by atoms with Crippen molar-refractivity contribution in [3.63, 3.8) is 0 Å². The van der Waals surface area contributed by atoms with Gasteiger partial charge < -0.3 is 4.55 Å². The second-order valence-electron chi connectivity index (χ2n) is 2.39. The van der Waals surface area contributed by atoms with E-state index in [9.17, 15) is 22.6 Å². The monoisotopic (exact) mass is 208 g/mol. The van der Waals surface area contributed by atoms with Gasteiger partial charge in [0, 0.05) is 0 Å². The van der Waals surface area contributed by atoms with Crippen molar-refractivity contribution >= 4 is 21.9 Å². The van der Waals surface area contributed by atoms with Crippen LogP contribution in [0.4, 0.5) is 0 Å². The minimum atomic E-state index is -4.77. The summed E-state index contributed by atoms with van der Waals surface area (Å²) >= 11 is 0. The highest BCUT2D eigenvalue weighted by atomic mass is 32.2. The van der Waals surface area contributed by atoms with E-state index in [0.717, 1.165) is 7.11 Å². The number of hydrogen-bond acceptors (Lipinski definition) is 6. The van der Waals surface area contributed by atoms with Crippen molar-refractivity contribution in [2.75, 3.05) is 7.11 Å². The molecule has 0 bridgehead atoms. The second kappa shape index (κ2) is 3.05. The average molecular weight is 208 g/mol. The van der Waals surface area contributed by atoms with Gasteiger partial charge in [-0.1, -0.05) is 0 Å². The lowest BCUT2D eigenvalue weighted by Gasteiger charge is -2.13. The highest BCUT2D eigenvalue weighted by molar-refractivity contribution is 7.87. The van der Waals surface area contributed by atoms with Gasteiger partial charge in [-0.05, 0) is 0 Å².